The fraction of sp³-hybridized carbons (Fsp3) is 0.571. The number of carboxylic acid groups (broad SMARTS) is 1. The molecular formula is C14H21N5O2. The summed E-state index contributed by atoms with van der Waals surface area (Å²) in [5.74, 6) is 1.10. The zero-order valence-electron chi connectivity index (χ0n) is 12.6. The first-order chi connectivity index (χ1) is 9.95. The molecular weight excluding hydrogens is 270 g/mol. The molecule has 114 valence electrons. The van der Waals surface area contributed by atoms with Gasteiger partial charge in [0.15, 0.2) is 0 Å². The minimum atomic E-state index is -0.765. The van der Waals surface area contributed by atoms with Gasteiger partial charge in [-0.25, -0.2) is 4.98 Å². The van der Waals surface area contributed by atoms with Crippen molar-refractivity contribution in [3.8, 4) is 0 Å². The monoisotopic (exact) mass is 291 g/mol. The number of fused-ring (bicyclic) bond motifs is 1. The van der Waals surface area contributed by atoms with Gasteiger partial charge < -0.3 is 10.4 Å². The standard InChI is InChI=1S/C14H21N5O2/c1-9(2)4-11(6-13(20)21)7-15-12-5-10(3)18-14-16-8-17-19(12)14/h5,8-9,11,15H,4,6-7H2,1-3H3,(H,20,21). The van der Waals surface area contributed by atoms with Crippen molar-refractivity contribution >= 4 is 17.6 Å². The molecule has 1 unspecified atom stereocenters. The van der Waals surface area contributed by atoms with Crippen LogP contribution in [0.5, 0.6) is 0 Å². The number of hydrogen-bond acceptors (Lipinski definition) is 5. The van der Waals surface area contributed by atoms with Gasteiger partial charge in [-0.05, 0) is 25.2 Å². The van der Waals surface area contributed by atoms with Gasteiger partial charge in [0.2, 0.25) is 0 Å². The Kier molecular flexibility index (Phi) is 4.72. The smallest absolute Gasteiger partial charge is 0.303 e. The molecule has 0 fully saturated rings. The number of nitrogens with zero attached hydrogens (tertiary/aromatic N) is 4. The molecule has 1 atom stereocenters. The third kappa shape index (κ3) is 4.14. The highest BCUT2D eigenvalue weighted by molar-refractivity contribution is 5.67. The van der Waals surface area contributed by atoms with Gasteiger partial charge in [0.05, 0.1) is 0 Å². The van der Waals surface area contributed by atoms with Crippen LogP contribution in [-0.4, -0.2) is 37.2 Å². The Balaban J connectivity index is 2.11. The number of aromatic nitrogens is 4. The molecule has 7 heteroatoms. The molecule has 2 aromatic rings. The molecule has 2 aromatic heterocycles. The average Bonchev–Trinajstić information content (AvgIpc) is 2.82. The molecule has 21 heavy (non-hydrogen) atoms. The van der Waals surface area contributed by atoms with Crippen molar-refractivity contribution in [3.63, 3.8) is 0 Å². The largest absolute Gasteiger partial charge is 0.481 e. The van der Waals surface area contributed by atoms with E-state index in [0.717, 1.165) is 17.9 Å². The number of carboxylic acids is 1. The van der Waals surface area contributed by atoms with Gasteiger partial charge in [0.25, 0.3) is 5.78 Å². The highest BCUT2D eigenvalue weighted by atomic mass is 16.4. The first-order valence-electron chi connectivity index (χ1n) is 7.08. The van der Waals surface area contributed by atoms with E-state index < -0.39 is 5.97 Å². The topological polar surface area (TPSA) is 92.4 Å². The van der Waals surface area contributed by atoms with Gasteiger partial charge in [-0.2, -0.15) is 14.6 Å². The van der Waals surface area contributed by atoms with Gasteiger partial charge in [-0.3, -0.25) is 4.79 Å². The van der Waals surface area contributed by atoms with Crippen molar-refractivity contribution in [2.75, 3.05) is 11.9 Å². The van der Waals surface area contributed by atoms with E-state index in [1.807, 2.05) is 13.0 Å². The third-order valence-electron chi connectivity index (χ3n) is 3.22. The minimum Gasteiger partial charge on any atom is -0.481 e. The summed E-state index contributed by atoms with van der Waals surface area (Å²) >= 11 is 0. The Hall–Kier alpha value is -2.18. The minimum absolute atomic E-state index is 0.0783. The Labute approximate surface area is 123 Å². The molecule has 0 spiro atoms. The summed E-state index contributed by atoms with van der Waals surface area (Å²) in [7, 11) is 0. The lowest BCUT2D eigenvalue weighted by molar-refractivity contribution is -0.138. The number of rotatable bonds is 7. The highest BCUT2D eigenvalue weighted by Gasteiger charge is 2.16. The van der Waals surface area contributed by atoms with Crippen molar-refractivity contribution in [3.05, 3.63) is 18.1 Å². The summed E-state index contributed by atoms with van der Waals surface area (Å²) in [6, 6.07) is 1.88. The average molecular weight is 291 g/mol. The maximum atomic E-state index is 11.0. The number of nitrogens with one attached hydrogen (secondary N) is 1. The summed E-state index contributed by atoms with van der Waals surface area (Å²) in [4.78, 5) is 19.3. The Morgan fingerprint density at radius 1 is 1.48 bits per heavy atom. The zero-order valence-corrected chi connectivity index (χ0v) is 12.6. The lowest BCUT2D eigenvalue weighted by atomic mass is 9.94. The number of aliphatic carboxylic acids is 1. The van der Waals surface area contributed by atoms with Gasteiger partial charge in [-0.15, -0.1) is 0 Å². The molecule has 0 saturated heterocycles. The second-order valence-corrected chi connectivity index (χ2v) is 5.73. The molecule has 0 aliphatic rings. The van der Waals surface area contributed by atoms with E-state index in [1.165, 1.54) is 6.33 Å². The second kappa shape index (κ2) is 6.51. The van der Waals surface area contributed by atoms with Gasteiger partial charge in [-0.1, -0.05) is 13.8 Å². The normalized spacial score (nSPS) is 12.8. The van der Waals surface area contributed by atoms with Crippen molar-refractivity contribution in [1.82, 2.24) is 19.6 Å². The van der Waals surface area contributed by atoms with Crippen LogP contribution in [0.2, 0.25) is 0 Å². The van der Waals surface area contributed by atoms with E-state index in [-0.39, 0.29) is 12.3 Å². The molecule has 0 saturated carbocycles. The molecule has 2 rings (SSSR count). The van der Waals surface area contributed by atoms with E-state index in [1.54, 1.807) is 4.52 Å². The number of carbonyl (C=O) groups is 1. The Morgan fingerprint density at radius 2 is 2.24 bits per heavy atom. The van der Waals surface area contributed by atoms with E-state index in [4.69, 9.17) is 5.11 Å². The zero-order chi connectivity index (χ0) is 15.4. The van der Waals surface area contributed by atoms with Crippen molar-refractivity contribution < 1.29 is 9.90 Å². The van der Waals surface area contributed by atoms with Crippen LogP contribution in [0.25, 0.3) is 5.78 Å². The SMILES string of the molecule is Cc1cc(NCC(CC(=O)O)CC(C)C)n2ncnc2n1. The predicted molar refractivity (Wildman–Crippen MR) is 79.2 cm³/mol. The van der Waals surface area contributed by atoms with Crippen LogP contribution in [0.15, 0.2) is 12.4 Å². The van der Waals surface area contributed by atoms with E-state index in [2.05, 4.69) is 34.2 Å². The summed E-state index contributed by atoms with van der Waals surface area (Å²) in [5.41, 5.74) is 0.844. The first kappa shape index (κ1) is 15.2. The Bertz CT molecular complexity index is 623. The number of aryl methyl sites for hydroxylation is 1. The second-order valence-electron chi connectivity index (χ2n) is 5.73. The molecule has 2 heterocycles. The van der Waals surface area contributed by atoms with Crippen LogP contribution in [0.4, 0.5) is 5.82 Å². The first-order valence-corrected chi connectivity index (χ1v) is 7.08. The Morgan fingerprint density at radius 3 is 2.90 bits per heavy atom. The summed E-state index contributed by atoms with van der Waals surface area (Å²) in [5, 5.41) is 16.4. The summed E-state index contributed by atoms with van der Waals surface area (Å²) in [6.45, 7) is 6.67. The molecule has 0 aliphatic carbocycles. The quantitative estimate of drug-likeness (QED) is 0.810. The lowest BCUT2D eigenvalue weighted by Crippen LogP contribution is -2.21. The number of anilines is 1. The van der Waals surface area contributed by atoms with Crippen molar-refractivity contribution in [2.24, 2.45) is 11.8 Å². The summed E-state index contributed by atoms with van der Waals surface area (Å²) in [6.07, 6.45) is 2.48. The van der Waals surface area contributed by atoms with Crippen LogP contribution in [0, 0.1) is 18.8 Å². The van der Waals surface area contributed by atoms with E-state index in [0.29, 0.717) is 18.2 Å². The fourth-order valence-electron chi connectivity index (χ4n) is 2.46. The molecule has 0 bridgehead atoms. The van der Waals surface area contributed by atoms with Crippen molar-refractivity contribution in [2.45, 2.75) is 33.6 Å². The van der Waals surface area contributed by atoms with Gasteiger partial charge in [0, 0.05) is 24.7 Å². The maximum Gasteiger partial charge on any atom is 0.303 e. The van der Waals surface area contributed by atoms with Crippen LogP contribution >= 0.6 is 0 Å². The molecule has 2 N–H and O–H groups in total. The summed E-state index contributed by atoms with van der Waals surface area (Å²) < 4.78 is 1.63. The van der Waals surface area contributed by atoms with Crippen LogP contribution < -0.4 is 5.32 Å². The molecule has 0 amide bonds. The predicted octanol–water partition coefficient (Wildman–Crippen LogP) is 1.98. The molecule has 7 nitrogen and oxygen atoms in total. The van der Waals surface area contributed by atoms with Gasteiger partial charge >= 0.3 is 5.97 Å². The van der Waals surface area contributed by atoms with Crippen molar-refractivity contribution in [1.29, 1.82) is 0 Å². The molecule has 0 aliphatic heterocycles. The molecule has 0 radical (unpaired) electrons. The number of hydrogen-bond donors (Lipinski definition) is 2. The fourth-order valence-corrected chi connectivity index (χ4v) is 2.46. The lowest BCUT2D eigenvalue weighted by Gasteiger charge is -2.18. The third-order valence-corrected chi connectivity index (χ3v) is 3.22. The van der Waals surface area contributed by atoms with Crippen LogP contribution in [0.1, 0.15) is 32.4 Å². The highest BCUT2D eigenvalue weighted by Crippen LogP contribution is 2.17. The van der Waals surface area contributed by atoms with E-state index in [9.17, 15) is 4.79 Å². The maximum absolute atomic E-state index is 11.0. The van der Waals surface area contributed by atoms with E-state index >= 15 is 0 Å². The van der Waals surface area contributed by atoms with Crippen LogP contribution in [0.3, 0.4) is 0 Å². The van der Waals surface area contributed by atoms with Crippen LogP contribution in [-0.2, 0) is 4.79 Å². The molecule has 0 aromatic carbocycles. The van der Waals surface area contributed by atoms with Gasteiger partial charge in [0.1, 0.15) is 12.1 Å².